The van der Waals surface area contributed by atoms with Gasteiger partial charge < -0.3 is 10.6 Å². The van der Waals surface area contributed by atoms with Crippen LogP contribution >= 0.6 is 11.6 Å². The average molecular weight is 227 g/mol. The Hall–Kier alpha value is -1.36. The topological polar surface area (TPSA) is 66.9 Å². The molecule has 0 aliphatic heterocycles. The lowest BCUT2D eigenvalue weighted by Gasteiger charge is -2.05. The van der Waals surface area contributed by atoms with Crippen LogP contribution in [0.25, 0.3) is 0 Å². The number of halogens is 1. The van der Waals surface area contributed by atoms with Crippen molar-refractivity contribution in [2.45, 2.75) is 18.9 Å². The van der Waals surface area contributed by atoms with Crippen LogP contribution in [0.15, 0.2) is 12.4 Å². The molecule has 0 unspecified atom stereocenters. The van der Waals surface area contributed by atoms with E-state index in [-0.39, 0.29) is 12.5 Å². The molecule has 80 valence electrons. The van der Waals surface area contributed by atoms with E-state index < -0.39 is 0 Å². The smallest absolute Gasteiger partial charge is 0.239 e. The first-order valence-corrected chi connectivity index (χ1v) is 5.12. The predicted octanol–water partition coefficient (Wildman–Crippen LogP) is 0.820. The quantitative estimate of drug-likeness (QED) is 0.798. The molecule has 1 heterocycles. The van der Waals surface area contributed by atoms with E-state index in [9.17, 15) is 4.79 Å². The average Bonchev–Trinajstić information content (AvgIpc) is 3.01. The van der Waals surface area contributed by atoms with Crippen LogP contribution in [0.1, 0.15) is 12.8 Å². The maximum Gasteiger partial charge on any atom is 0.239 e. The van der Waals surface area contributed by atoms with Gasteiger partial charge in [0.2, 0.25) is 5.91 Å². The second kappa shape index (κ2) is 4.44. The number of amides is 1. The molecule has 1 aliphatic carbocycles. The molecule has 0 radical (unpaired) electrons. The molecule has 0 atom stereocenters. The number of nitrogens with one attached hydrogen (secondary N) is 2. The fourth-order valence-electron chi connectivity index (χ4n) is 1.08. The summed E-state index contributed by atoms with van der Waals surface area (Å²) in [6.07, 6.45) is 5.11. The van der Waals surface area contributed by atoms with E-state index in [1.54, 1.807) is 0 Å². The van der Waals surface area contributed by atoms with E-state index in [1.807, 2.05) is 0 Å². The van der Waals surface area contributed by atoms with Gasteiger partial charge in [-0.25, -0.2) is 9.97 Å². The zero-order valence-corrected chi connectivity index (χ0v) is 8.79. The highest BCUT2D eigenvalue weighted by molar-refractivity contribution is 6.29. The van der Waals surface area contributed by atoms with Crippen molar-refractivity contribution in [3.63, 3.8) is 0 Å². The number of nitrogens with zero attached hydrogens (tertiary/aromatic N) is 2. The highest BCUT2D eigenvalue weighted by Gasteiger charge is 2.22. The Morgan fingerprint density at radius 3 is 2.87 bits per heavy atom. The maximum atomic E-state index is 11.3. The first-order chi connectivity index (χ1) is 7.24. The van der Waals surface area contributed by atoms with Crippen LogP contribution in [-0.2, 0) is 4.79 Å². The van der Waals surface area contributed by atoms with Crippen LogP contribution in [0.4, 0.5) is 5.82 Å². The summed E-state index contributed by atoms with van der Waals surface area (Å²) in [6, 6.07) is 0.385. The van der Waals surface area contributed by atoms with E-state index in [0.717, 1.165) is 12.8 Å². The largest absolute Gasteiger partial charge is 0.360 e. The van der Waals surface area contributed by atoms with Gasteiger partial charge in [0.05, 0.1) is 18.9 Å². The third-order valence-electron chi connectivity index (χ3n) is 1.99. The minimum absolute atomic E-state index is 0.0192. The van der Waals surface area contributed by atoms with E-state index in [1.165, 1.54) is 12.4 Å². The summed E-state index contributed by atoms with van der Waals surface area (Å²) in [5, 5.41) is 6.06. The van der Waals surface area contributed by atoms with Crippen molar-refractivity contribution in [3.8, 4) is 0 Å². The second-order valence-corrected chi connectivity index (χ2v) is 3.81. The van der Waals surface area contributed by atoms with Gasteiger partial charge in [-0.1, -0.05) is 11.6 Å². The third-order valence-corrected chi connectivity index (χ3v) is 2.19. The third kappa shape index (κ3) is 3.36. The SMILES string of the molecule is O=C(CNc1cnc(Cl)cn1)NC1CC1. The normalized spacial score (nSPS) is 14.7. The van der Waals surface area contributed by atoms with Crippen molar-refractivity contribution >= 4 is 23.3 Å². The van der Waals surface area contributed by atoms with Crippen molar-refractivity contribution in [3.05, 3.63) is 17.5 Å². The minimum atomic E-state index is -0.0192. The Balaban J connectivity index is 1.76. The van der Waals surface area contributed by atoms with Gasteiger partial charge in [-0.05, 0) is 12.8 Å². The van der Waals surface area contributed by atoms with Crippen molar-refractivity contribution in [2.75, 3.05) is 11.9 Å². The van der Waals surface area contributed by atoms with Gasteiger partial charge in [0, 0.05) is 6.04 Å². The first kappa shape index (κ1) is 10.2. The zero-order valence-electron chi connectivity index (χ0n) is 8.03. The van der Waals surface area contributed by atoms with Crippen molar-refractivity contribution in [1.29, 1.82) is 0 Å². The highest BCUT2D eigenvalue weighted by Crippen LogP contribution is 2.18. The van der Waals surface area contributed by atoms with Crippen molar-refractivity contribution < 1.29 is 4.79 Å². The summed E-state index contributed by atoms with van der Waals surface area (Å²) in [7, 11) is 0. The standard InChI is InChI=1S/C9H11ClN4O/c10-7-3-12-8(4-11-7)13-5-9(15)14-6-1-2-6/h3-4,6H,1-2,5H2,(H,12,13)(H,14,15). The first-order valence-electron chi connectivity index (χ1n) is 4.75. The van der Waals surface area contributed by atoms with Crippen molar-refractivity contribution in [1.82, 2.24) is 15.3 Å². The lowest BCUT2D eigenvalue weighted by Crippen LogP contribution is -2.31. The van der Waals surface area contributed by atoms with E-state index in [0.29, 0.717) is 17.0 Å². The second-order valence-electron chi connectivity index (χ2n) is 3.42. The van der Waals surface area contributed by atoms with E-state index >= 15 is 0 Å². The molecule has 1 aromatic rings. The summed E-state index contributed by atoms with van der Waals surface area (Å²) in [5.74, 6) is 0.527. The molecule has 1 saturated carbocycles. The predicted molar refractivity (Wildman–Crippen MR) is 56.7 cm³/mol. The van der Waals surface area contributed by atoms with Gasteiger partial charge in [-0.2, -0.15) is 0 Å². The molecule has 1 aromatic heterocycles. The molecule has 15 heavy (non-hydrogen) atoms. The van der Waals surface area contributed by atoms with Crippen LogP contribution < -0.4 is 10.6 Å². The molecule has 6 heteroatoms. The zero-order chi connectivity index (χ0) is 10.7. The molecular formula is C9H11ClN4O. The van der Waals surface area contributed by atoms with Gasteiger partial charge in [0.15, 0.2) is 0 Å². The Morgan fingerprint density at radius 1 is 1.47 bits per heavy atom. The Labute approximate surface area is 92.3 Å². The molecule has 2 rings (SSSR count). The van der Waals surface area contributed by atoms with Gasteiger partial charge in [-0.3, -0.25) is 4.79 Å². The molecule has 0 bridgehead atoms. The monoisotopic (exact) mass is 226 g/mol. The molecule has 1 fully saturated rings. The molecule has 0 aromatic carbocycles. The number of anilines is 1. The van der Waals surface area contributed by atoms with Crippen LogP contribution in [0, 0.1) is 0 Å². The Morgan fingerprint density at radius 2 is 2.27 bits per heavy atom. The molecule has 5 nitrogen and oxygen atoms in total. The number of rotatable bonds is 4. The molecule has 2 N–H and O–H groups in total. The maximum absolute atomic E-state index is 11.3. The Kier molecular flexibility index (Phi) is 3.01. The molecular weight excluding hydrogens is 216 g/mol. The number of hydrogen-bond donors (Lipinski definition) is 2. The van der Waals surface area contributed by atoms with E-state index in [2.05, 4.69) is 20.6 Å². The lowest BCUT2D eigenvalue weighted by atomic mass is 10.5. The van der Waals surface area contributed by atoms with Gasteiger partial charge in [0.25, 0.3) is 0 Å². The van der Waals surface area contributed by atoms with Gasteiger partial charge in [0.1, 0.15) is 11.0 Å². The fourth-order valence-corrected chi connectivity index (χ4v) is 1.18. The van der Waals surface area contributed by atoms with E-state index in [4.69, 9.17) is 11.6 Å². The van der Waals surface area contributed by atoms with Gasteiger partial charge >= 0.3 is 0 Å². The van der Waals surface area contributed by atoms with Crippen LogP contribution in [0.2, 0.25) is 5.15 Å². The molecule has 1 amide bonds. The number of carbonyl (C=O) groups is 1. The number of aromatic nitrogens is 2. The Bertz CT molecular complexity index is 350. The van der Waals surface area contributed by atoms with Crippen molar-refractivity contribution in [2.24, 2.45) is 0 Å². The highest BCUT2D eigenvalue weighted by atomic mass is 35.5. The summed E-state index contributed by atoms with van der Waals surface area (Å²) < 4.78 is 0. The molecule has 1 aliphatic rings. The lowest BCUT2D eigenvalue weighted by molar-refractivity contribution is -0.119. The fraction of sp³-hybridized carbons (Fsp3) is 0.444. The summed E-state index contributed by atoms with van der Waals surface area (Å²) in [5.41, 5.74) is 0. The summed E-state index contributed by atoms with van der Waals surface area (Å²) >= 11 is 5.57. The summed E-state index contributed by atoms with van der Waals surface area (Å²) in [4.78, 5) is 19.1. The molecule has 0 spiro atoms. The summed E-state index contributed by atoms with van der Waals surface area (Å²) in [6.45, 7) is 0.215. The molecule has 0 saturated heterocycles. The minimum Gasteiger partial charge on any atom is -0.360 e. The van der Waals surface area contributed by atoms with Crippen LogP contribution in [0.3, 0.4) is 0 Å². The number of hydrogen-bond acceptors (Lipinski definition) is 4. The van der Waals surface area contributed by atoms with Gasteiger partial charge in [-0.15, -0.1) is 0 Å². The van der Waals surface area contributed by atoms with Crippen LogP contribution in [-0.4, -0.2) is 28.5 Å². The number of carbonyl (C=O) groups excluding carboxylic acids is 1. The van der Waals surface area contributed by atoms with Crippen LogP contribution in [0.5, 0.6) is 0 Å².